The van der Waals surface area contributed by atoms with Crippen LogP contribution in [0.3, 0.4) is 0 Å². The SMILES string of the molecule is CCC1(CC)CC(CCN2CCN(c3ccc(OC)cc3)CC2)OC1=O. The van der Waals surface area contributed by atoms with Crippen LogP contribution < -0.4 is 9.64 Å². The predicted octanol–water partition coefficient (Wildman–Crippen LogP) is 3.33. The molecular formula is C21H32N2O3. The van der Waals surface area contributed by atoms with Crippen molar-refractivity contribution in [1.82, 2.24) is 4.90 Å². The highest BCUT2D eigenvalue weighted by molar-refractivity contribution is 5.78. The summed E-state index contributed by atoms with van der Waals surface area (Å²) >= 11 is 0. The second kappa shape index (κ2) is 8.30. The van der Waals surface area contributed by atoms with E-state index in [4.69, 9.17) is 9.47 Å². The minimum absolute atomic E-state index is 0.0248. The van der Waals surface area contributed by atoms with Crippen molar-refractivity contribution in [1.29, 1.82) is 0 Å². The number of cyclic esters (lactones) is 1. The van der Waals surface area contributed by atoms with Crippen molar-refractivity contribution in [3.8, 4) is 5.75 Å². The molecule has 0 radical (unpaired) electrons. The Morgan fingerprint density at radius 1 is 1.12 bits per heavy atom. The van der Waals surface area contributed by atoms with Crippen LogP contribution in [0.15, 0.2) is 24.3 Å². The second-order valence-corrected chi connectivity index (χ2v) is 7.53. The molecule has 1 atom stereocenters. The van der Waals surface area contributed by atoms with Crippen molar-refractivity contribution in [2.24, 2.45) is 5.41 Å². The zero-order valence-electron chi connectivity index (χ0n) is 16.4. The first-order valence-corrected chi connectivity index (χ1v) is 9.92. The van der Waals surface area contributed by atoms with Gasteiger partial charge in [0.05, 0.1) is 12.5 Å². The zero-order valence-corrected chi connectivity index (χ0v) is 16.4. The van der Waals surface area contributed by atoms with Gasteiger partial charge in [-0.2, -0.15) is 0 Å². The molecule has 2 aliphatic rings. The topological polar surface area (TPSA) is 42.0 Å². The number of piperazine rings is 1. The first kappa shape index (κ1) is 19.0. The maximum atomic E-state index is 12.2. The van der Waals surface area contributed by atoms with E-state index in [9.17, 15) is 4.79 Å². The first-order chi connectivity index (χ1) is 12.6. The lowest BCUT2D eigenvalue weighted by Gasteiger charge is -2.36. The highest BCUT2D eigenvalue weighted by atomic mass is 16.6. The third-order valence-corrected chi connectivity index (χ3v) is 6.26. The lowest BCUT2D eigenvalue weighted by molar-refractivity contribution is -0.149. The number of hydrogen-bond acceptors (Lipinski definition) is 5. The molecule has 5 heteroatoms. The second-order valence-electron chi connectivity index (χ2n) is 7.53. The third-order valence-electron chi connectivity index (χ3n) is 6.26. The Balaban J connectivity index is 1.44. The Morgan fingerprint density at radius 2 is 1.77 bits per heavy atom. The van der Waals surface area contributed by atoms with Gasteiger partial charge in [0.15, 0.2) is 0 Å². The monoisotopic (exact) mass is 360 g/mol. The van der Waals surface area contributed by atoms with E-state index in [1.807, 2.05) is 12.1 Å². The summed E-state index contributed by atoms with van der Waals surface area (Å²) in [5.41, 5.74) is 1.03. The van der Waals surface area contributed by atoms with Crippen molar-refractivity contribution in [2.75, 3.05) is 44.7 Å². The van der Waals surface area contributed by atoms with Crippen LogP contribution in [0, 0.1) is 5.41 Å². The number of nitrogens with zero attached hydrogens (tertiary/aromatic N) is 2. The number of esters is 1. The molecule has 0 aromatic heterocycles. The van der Waals surface area contributed by atoms with Crippen molar-refractivity contribution < 1.29 is 14.3 Å². The standard InChI is InChI=1S/C21H32N2O3/c1-4-21(5-2)16-19(26-20(21)24)10-11-22-12-14-23(15-13-22)17-6-8-18(25-3)9-7-17/h6-9,19H,4-5,10-16H2,1-3H3. The van der Waals surface area contributed by atoms with Crippen LogP contribution in [0.1, 0.15) is 39.5 Å². The molecule has 3 rings (SSSR count). The summed E-state index contributed by atoms with van der Waals surface area (Å²) in [6, 6.07) is 8.29. The summed E-state index contributed by atoms with van der Waals surface area (Å²) in [7, 11) is 1.69. The molecule has 0 saturated carbocycles. The Hall–Kier alpha value is -1.75. The minimum atomic E-state index is -0.224. The molecule has 2 fully saturated rings. The van der Waals surface area contributed by atoms with Crippen LogP contribution >= 0.6 is 0 Å². The van der Waals surface area contributed by atoms with Gasteiger partial charge in [-0.3, -0.25) is 9.69 Å². The fraction of sp³-hybridized carbons (Fsp3) is 0.667. The van der Waals surface area contributed by atoms with Crippen LogP contribution in [0.25, 0.3) is 0 Å². The van der Waals surface area contributed by atoms with E-state index in [0.29, 0.717) is 0 Å². The molecule has 1 aromatic rings. The lowest BCUT2D eigenvalue weighted by Crippen LogP contribution is -2.47. The first-order valence-electron chi connectivity index (χ1n) is 9.92. The minimum Gasteiger partial charge on any atom is -0.497 e. The molecule has 1 aromatic carbocycles. The van der Waals surface area contributed by atoms with E-state index in [-0.39, 0.29) is 17.5 Å². The van der Waals surface area contributed by atoms with E-state index < -0.39 is 0 Å². The van der Waals surface area contributed by atoms with Crippen LogP contribution in [0.5, 0.6) is 5.75 Å². The summed E-state index contributed by atoms with van der Waals surface area (Å²) in [4.78, 5) is 17.1. The normalized spacial score (nSPS) is 23.1. The molecule has 144 valence electrons. The Morgan fingerprint density at radius 3 is 2.31 bits per heavy atom. The van der Waals surface area contributed by atoms with E-state index >= 15 is 0 Å². The van der Waals surface area contributed by atoms with Crippen LogP contribution in [-0.2, 0) is 9.53 Å². The maximum absolute atomic E-state index is 12.2. The summed E-state index contributed by atoms with van der Waals surface area (Å²) in [6.07, 6.45) is 3.72. The third kappa shape index (κ3) is 3.98. The van der Waals surface area contributed by atoms with Gasteiger partial charge < -0.3 is 14.4 Å². The summed E-state index contributed by atoms with van der Waals surface area (Å²) in [5.74, 6) is 0.922. The van der Waals surface area contributed by atoms with Crippen molar-refractivity contribution in [3.63, 3.8) is 0 Å². The Labute approximate surface area is 157 Å². The fourth-order valence-corrected chi connectivity index (χ4v) is 4.17. The number of ether oxygens (including phenoxy) is 2. The van der Waals surface area contributed by atoms with Gasteiger partial charge in [-0.1, -0.05) is 13.8 Å². The van der Waals surface area contributed by atoms with Gasteiger partial charge in [-0.25, -0.2) is 0 Å². The zero-order chi connectivity index (χ0) is 18.6. The smallest absolute Gasteiger partial charge is 0.312 e. The van der Waals surface area contributed by atoms with Gasteiger partial charge in [0.1, 0.15) is 11.9 Å². The summed E-state index contributed by atoms with van der Waals surface area (Å²) in [6.45, 7) is 9.39. The number of carbonyl (C=O) groups excluding carboxylic acids is 1. The van der Waals surface area contributed by atoms with Crippen molar-refractivity contribution in [2.45, 2.75) is 45.6 Å². The largest absolute Gasteiger partial charge is 0.497 e. The van der Waals surface area contributed by atoms with Crippen LogP contribution in [0.4, 0.5) is 5.69 Å². The van der Waals surface area contributed by atoms with Crippen LogP contribution in [0.2, 0.25) is 0 Å². The fourth-order valence-electron chi connectivity index (χ4n) is 4.17. The molecule has 0 N–H and O–H groups in total. The summed E-state index contributed by atoms with van der Waals surface area (Å²) in [5, 5.41) is 0. The number of methoxy groups -OCH3 is 1. The highest BCUT2D eigenvalue weighted by Crippen LogP contribution is 2.41. The Kier molecular flexibility index (Phi) is 6.07. The van der Waals surface area contributed by atoms with Crippen LogP contribution in [-0.4, -0.2) is 56.8 Å². The number of hydrogen-bond donors (Lipinski definition) is 0. The van der Waals surface area contributed by atoms with Gasteiger partial charge >= 0.3 is 5.97 Å². The van der Waals surface area contributed by atoms with Gasteiger partial charge in [0.25, 0.3) is 0 Å². The maximum Gasteiger partial charge on any atom is 0.312 e. The molecule has 0 amide bonds. The molecule has 0 aliphatic carbocycles. The van der Waals surface area contributed by atoms with Gasteiger partial charge in [-0.15, -0.1) is 0 Å². The van der Waals surface area contributed by atoms with Gasteiger partial charge in [0, 0.05) is 44.8 Å². The van der Waals surface area contributed by atoms with E-state index in [0.717, 1.165) is 64.2 Å². The van der Waals surface area contributed by atoms with Gasteiger partial charge in [-0.05, 0) is 43.5 Å². The molecule has 1 unspecified atom stereocenters. The van der Waals surface area contributed by atoms with E-state index in [2.05, 4.69) is 35.8 Å². The highest BCUT2D eigenvalue weighted by Gasteiger charge is 2.46. The Bertz CT molecular complexity index is 590. The van der Waals surface area contributed by atoms with E-state index in [1.54, 1.807) is 7.11 Å². The number of anilines is 1. The number of rotatable bonds is 7. The van der Waals surface area contributed by atoms with Crippen molar-refractivity contribution in [3.05, 3.63) is 24.3 Å². The predicted molar refractivity (Wildman–Crippen MR) is 104 cm³/mol. The molecular weight excluding hydrogens is 328 g/mol. The molecule has 2 saturated heterocycles. The lowest BCUT2D eigenvalue weighted by atomic mass is 9.79. The molecule has 2 heterocycles. The molecule has 0 spiro atoms. The quantitative estimate of drug-likeness (QED) is 0.698. The van der Waals surface area contributed by atoms with Crippen molar-refractivity contribution >= 4 is 11.7 Å². The molecule has 2 aliphatic heterocycles. The summed E-state index contributed by atoms with van der Waals surface area (Å²) < 4.78 is 10.9. The molecule has 0 bridgehead atoms. The van der Waals surface area contributed by atoms with Gasteiger partial charge in [0.2, 0.25) is 0 Å². The number of benzene rings is 1. The average molecular weight is 360 g/mol. The number of carbonyl (C=O) groups is 1. The molecule has 5 nitrogen and oxygen atoms in total. The van der Waals surface area contributed by atoms with E-state index in [1.165, 1.54) is 5.69 Å². The molecule has 26 heavy (non-hydrogen) atoms. The average Bonchev–Trinajstić information content (AvgIpc) is 3.03.